The maximum absolute atomic E-state index is 13.4. The maximum atomic E-state index is 13.4. The lowest BCUT2D eigenvalue weighted by Crippen LogP contribution is -2.33. The molecule has 1 aromatic heterocycles. The molecule has 0 unspecified atom stereocenters. The Labute approximate surface area is 218 Å². The van der Waals surface area contributed by atoms with E-state index >= 15 is 0 Å². The zero-order valence-corrected chi connectivity index (χ0v) is 22.6. The number of nitrogen functional groups attached to an aromatic ring is 1. The van der Waals surface area contributed by atoms with E-state index in [1.54, 1.807) is 49.6 Å². The van der Waals surface area contributed by atoms with Crippen LogP contribution in [-0.2, 0) is 23.0 Å². The Bertz CT molecular complexity index is 1580. The van der Waals surface area contributed by atoms with Crippen LogP contribution in [0.15, 0.2) is 71.5 Å². The number of nitrogens with two attached hydrogens (primary N) is 1. The highest BCUT2D eigenvalue weighted by Gasteiger charge is 2.29. The van der Waals surface area contributed by atoms with Crippen molar-refractivity contribution < 1.29 is 8.42 Å². The summed E-state index contributed by atoms with van der Waals surface area (Å²) in [6, 6.07) is 20.4. The van der Waals surface area contributed by atoms with Crippen LogP contribution in [-0.4, -0.2) is 22.7 Å². The summed E-state index contributed by atoms with van der Waals surface area (Å²) in [5.41, 5.74) is 10.2. The lowest BCUT2D eigenvalue weighted by molar-refractivity contribution is 0.566. The van der Waals surface area contributed by atoms with Crippen LogP contribution in [0.1, 0.15) is 51.9 Å². The van der Waals surface area contributed by atoms with Crippen molar-refractivity contribution in [2.24, 2.45) is 0 Å². The second-order valence-electron chi connectivity index (χ2n) is 10.3. The van der Waals surface area contributed by atoms with E-state index < -0.39 is 14.8 Å². The number of aromatic nitrogens is 2. The minimum absolute atomic E-state index is 0.102. The average Bonchev–Trinajstić information content (AvgIpc) is 2.85. The molecule has 0 atom stereocenters. The van der Waals surface area contributed by atoms with Crippen molar-refractivity contribution in [1.29, 1.82) is 0 Å². The van der Waals surface area contributed by atoms with Gasteiger partial charge in [0.1, 0.15) is 5.82 Å². The van der Waals surface area contributed by atoms with Crippen LogP contribution in [0.2, 0.25) is 0 Å². The molecule has 37 heavy (non-hydrogen) atoms. The summed E-state index contributed by atoms with van der Waals surface area (Å²) in [6.45, 7) is 7.49. The molecule has 0 fully saturated rings. The fourth-order valence-corrected chi connectivity index (χ4v) is 4.84. The van der Waals surface area contributed by atoms with Crippen molar-refractivity contribution in [2.45, 2.75) is 58.2 Å². The summed E-state index contributed by atoms with van der Waals surface area (Å²) >= 11 is 0. The number of unbranched alkanes of at least 4 members (excludes halogenated alkanes) is 1. The SMILES string of the molecule is CCCCc1nc2ccc(N)cc2c(=O)n1Cc1ccc(-c2ccccc2NS(=O)(=O)C(C)(C)C)cc1. The van der Waals surface area contributed by atoms with Gasteiger partial charge in [0.15, 0.2) is 0 Å². The largest absolute Gasteiger partial charge is 0.399 e. The Kier molecular flexibility index (Phi) is 7.41. The first kappa shape index (κ1) is 26.4. The molecule has 8 heteroatoms. The van der Waals surface area contributed by atoms with Crippen molar-refractivity contribution in [3.05, 3.63) is 88.5 Å². The molecule has 0 radical (unpaired) electrons. The normalized spacial score (nSPS) is 12.1. The van der Waals surface area contributed by atoms with Crippen molar-refractivity contribution in [2.75, 3.05) is 10.5 Å². The van der Waals surface area contributed by atoms with Gasteiger partial charge in [0.25, 0.3) is 5.56 Å². The molecule has 7 nitrogen and oxygen atoms in total. The summed E-state index contributed by atoms with van der Waals surface area (Å²) < 4.78 is 29.1. The van der Waals surface area contributed by atoms with Gasteiger partial charge in [-0.05, 0) is 62.6 Å². The van der Waals surface area contributed by atoms with E-state index in [1.807, 2.05) is 42.5 Å². The number of anilines is 2. The first-order chi connectivity index (χ1) is 17.5. The molecule has 0 spiro atoms. The van der Waals surface area contributed by atoms with Gasteiger partial charge in [0, 0.05) is 17.7 Å². The predicted octanol–water partition coefficient (Wildman–Crippen LogP) is 5.58. The first-order valence-electron chi connectivity index (χ1n) is 12.5. The monoisotopic (exact) mass is 518 g/mol. The maximum Gasteiger partial charge on any atom is 0.261 e. The Balaban J connectivity index is 1.68. The molecule has 3 N–H and O–H groups in total. The Hall–Kier alpha value is -3.65. The molecular formula is C29H34N4O3S. The fraction of sp³-hybridized carbons (Fsp3) is 0.310. The van der Waals surface area contributed by atoms with Gasteiger partial charge < -0.3 is 5.73 Å². The number of nitrogens with one attached hydrogen (secondary N) is 1. The number of sulfonamides is 1. The Morgan fingerprint density at radius 2 is 1.70 bits per heavy atom. The van der Waals surface area contributed by atoms with E-state index in [1.165, 1.54) is 0 Å². The van der Waals surface area contributed by atoms with Gasteiger partial charge in [-0.2, -0.15) is 0 Å². The van der Waals surface area contributed by atoms with Crippen LogP contribution in [0.4, 0.5) is 11.4 Å². The minimum atomic E-state index is -3.57. The van der Waals surface area contributed by atoms with Crippen LogP contribution in [0.3, 0.4) is 0 Å². The van der Waals surface area contributed by atoms with Crippen LogP contribution in [0.25, 0.3) is 22.0 Å². The Morgan fingerprint density at radius 1 is 1.00 bits per heavy atom. The molecule has 4 aromatic rings. The number of fused-ring (bicyclic) bond motifs is 1. The molecule has 0 saturated carbocycles. The third kappa shape index (κ3) is 5.69. The number of hydrogen-bond acceptors (Lipinski definition) is 5. The van der Waals surface area contributed by atoms with Crippen LogP contribution < -0.4 is 16.0 Å². The van der Waals surface area contributed by atoms with Crippen LogP contribution in [0, 0.1) is 0 Å². The van der Waals surface area contributed by atoms with E-state index in [0.29, 0.717) is 35.2 Å². The molecule has 194 valence electrons. The molecule has 0 aliphatic carbocycles. The molecule has 0 amide bonds. The summed E-state index contributed by atoms with van der Waals surface area (Å²) in [6.07, 6.45) is 2.65. The molecule has 0 saturated heterocycles. The van der Waals surface area contributed by atoms with Gasteiger partial charge in [-0.1, -0.05) is 55.8 Å². The number of para-hydroxylation sites is 1. The average molecular weight is 519 g/mol. The smallest absolute Gasteiger partial charge is 0.261 e. The zero-order chi connectivity index (χ0) is 26.8. The summed E-state index contributed by atoms with van der Waals surface area (Å²) in [5.74, 6) is 0.759. The highest BCUT2D eigenvalue weighted by atomic mass is 32.2. The van der Waals surface area contributed by atoms with Crippen molar-refractivity contribution in [1.82, 2.24) is 9.55 Å². The number of aryl methyl sites for hydroxylation is 1. The van der Waals surface area contributed by atoms with E-state index in [2.05, 4.69) is 11.6 Å². The van der Waals surface area contributed by atoms with Gasteiger partial charge in [-0.15, -0.1) is 0 Å². The van der Waals surface area contributed by atoms with Crippen LogP contribution in [0.5, 0.6) is 0 Å². The van der Waals surface area contributed by atoms with Gasteiger partial charge in [-0.25, -0.2) is 13.4 Å². The predicted molar refractivity (Wildman–Crippen MR) is 152 cm³/mol. The number of nitrogens with zero attached hydrogens (tertiary/aromatic N) is 2. The number of hydrogen-bond donors (Lipinski definition) is 2. The lowest BCUT2D eigenvalue weighted by Gasteiger charge is -2.22. The van der Waals surface area contributed by atoms with Crippen molar-refractivity contribution in [3.8, 4) is 11.1 Å². The summed E-state index contributed by atoms with van der Waals surface area (Å²) in [7, 11) is -3.57. The summed E-state index contributed by atoms with van der Waals surface area (Å²) in [4.78, 5) is 18.2. The molecule has 0 bridgehead atoms. The number of rotatable bonds is 8. The Morgan fingerprint density at radius 3 is 2.38 bits per heavy atom. The second kappa shape index (κ2) is 10.4. The minimum Gasteiger partial charge on any atom is -0.399 e. The quantitative estimate of drug-likeness (QED) is 0.296. The van der Waals surface area contributed by atoms with Gasteiger partial charge >= 0.3 is 0 Å². The van der Waals surface area contributed by atoms with Gasteiger partial charge in [-0.3, -0.25) is 14.1 Å². The fourth-order valence-electron chi connectivity index (χ4n) is 4.07. The standard InChI is InChI=1S/C29H34N4O3S/c1-5-6-11-27-31-25-17-16-22(30)18-24(25)28(34)33(27)19-20-12-14-21(15-13-20)23-9-7-8-10-26(23)32-37(35,36)29(2,3)4/h7-10,12-18,32H,5-6,11,19,30H2,1-4H3. The van der Waals surface area contributed by atoms with Gasteiger partial charge in [0.2, 0.25) is 10.0 Å². The second-order valence-corrected chi connectivity index (χ2v) is 12.7. The first-order valence-corrected chi connectivity index (χ1v) is 14.0. The topological polar surface area (TPSA) is 107 Å². The third-order valence-electron chi connectivity index (χ3n) is 6.39. The molecule has 0 aliphatic rings. The highest BCUT2D eigenvalue weighted by molar-refractivity contribution is 7.94. The third-order valence-corrected chi connectivity index (χ3v) is 8.50. The molecule has 4 rings (SSSR count). The zero-order valence-electron chi connectivity index (χ0n) is 21.8. The van der Waals surface area contributed by atoms with E-state index in [0.717, 1.165) is 35.4 Å². The number of benzene rings is 3. The molecule has 0 aliphatic heterocycles. The van der Waals surface area contributed by atoms with Crippen molar-refractivity contribution >= 4 is 32.3 Å². The molecule has 3 aromatic carbocycles. The van der Waals surface area contributed by atoms with Gasteiger partial charge in [0.05, 0.1) is 27.9 Å². The van der Waals surface area contributed by atoms with Crippen LogP contribution >= 0.6 is 0 Å². The van der Waals surface area contributed by atoms with Crippen molar-refractivity contribution in [3.63, 3.8) is 0 Å². The summed E-state index contributed by atoms with van der Waals surface area (Å²) in [5, 5.41) is 0.511. The van der Waals surface area contributed by atoms with E-state index in [9.17, 15) is 13.2 Å². The van der Waals surface area contributed by atoms with E-state index in [4.69, 9.17) is 10.7 Å². The highest BCUT2D eigenvalue weighted by Crippen LogP contribution is 2.31. The lowest BCUT2D eigenvalue weighted by atomic mass is 10.0. The van der Waals surface area contributed by atoms with E-state index in [-0.39, 0.29) is 5.56 Å². The molecule has 1 heterocycles. The molecular weight excluding hydrogens is 484 g/mol.